The van der Waals surface area contributed by atoms with Gasteiger partial charge < -0.3 is 20.7 Å². The molecule has 0 bridgehead atoms. The summed E-state index contributed by atoms with van der Waals surface area (Å²) in [6, 6.07) is 8.01. The Kier molecular flexibility index (Phi) is 7.24. The standard InChI is InChI=1S/C28H34ClN7O3/c1-27(2,3)39-26(38)35-13-10-20(17-35)36-16-19(14-32-36)33-25-31-15-22(29)23(34-25)9-8-18-6-4-5-7-21(18)28(11-12-28)24(30)37/h4-7,14-16,20H,8-13,17H2,1-3H3,(H2,30,37)(H,31,33,34). The van der Waals surface area contributed by atoms with E-state index >= 15 is 0 Å². The summed E-state index contributed by atoms with van der Waals surface area (Å²) in [5, 5.41) is 8.18. The van der Waals surface area contributed by atoms with E-state index in [4.69, 9.17) is 22.1 Å². The molecule has 3 heterocycles. The first-order valence-electron chi connectivity index (χ1n) is 13.2. The van der Waals surface area contributed by atoms with Crippen molar-refractivity contribution in [1.29, 1.82) is 0 Å². The summed E-state index contributed by atoms with van der Waals surface area (Å²) in [7, 11) is 0. The zero-order chi connectivity index (χ0) is 27.8. The van der Waals surface area contributed by atoms with Gasteiger partial charge in [-0.3, -0.25) is 9.48 Å². The smallest absolute Gasteiger partial charge is 0.410 e. The Morgan fingerprint density at radius 3 is 2.69 bits per heavy atom. The van der Waals surface area contributed by atoms with Crippen LogP contribution in [-0.4, -0.2) is 55.3 Å². The third-order valence-electron chi connectivity index (χ3n) is 7.25. The van der Waals surface area contributed by atoms with Crippen LogP contribution >= 0.6 is 11.6 Å². The third kappa shape index (κ3) is 6.00. The van der Waals surface area contributed by atoms with E-state index in [2.05, 4.69) is 20.4 Å². The molecular weight excluding hydrogens is 518 g/mol. The van der Waals surface area contributed by atoms with Crippen molar-refractivity contribution in [2.45, 2.75) is 69.9 Å². The number of benzene rings is 1. The molecule has 1 aromatic carbocycles. The SMILES string of the molecule is CC(C)(C)OC(=O)N1CCC(n2cc(Nc3ncc(Cl)c(CCc4ccccc4C4(C(N)=O)CC4)n3)cn2)C1. The lowest BCUT2D eigenvalue weighted by molar-refractivity contribution is -0.120. The Morgan fingerprint density at radius 2 is 1.97 bits per heavy atom. The highest BCUT2D eigenvalue weighted by Gasteiger charge is 2.50. The summed E-state index contributed by atoms with van der Waals surface area (Å²) in [5.41, 5.74) is 8.19. The Hall–Kier alpha value is -3.66. The molecule has 1 unspecified atom stereocenters. The maximum Gasteiger partial charge on any atom is 0.410 e. The van der Waals surface area contributed by atoms with Gasteiger partial charge in [0.05, 0.1) is 40.3 Å². The number of likely N-dealkylation sites (tertiary alicyclic amines) is 1. The van der Waals surface area contributed by atoms with Gasteiger partial charge in [0, 0.05) is 19.3 Å². The zero-order valence-corrected chi connectivity index (χ0v) is 23.2. The fourth-order valence-electron chi connectivity index (χ4n) is 5.05. The number of halogens is 1. The van der Waals surface area contributed by atoms with Gasteiger partial charge in [-0.05, 0) is 64.0 Å². The normalized spacial score (nSPS) is 18.2. The van der Waals surface area contributed by atoms with Crippen LogP contribution in [0.3, 0.4) is 0 Å². The molecule has 3 N–H and O–H groups in total. The minimum Gasteiger partial charge on any atom is -0.444 e. The maximum atomic E-state index is 12.4. The summed E-state index contributed by atoms with van der Waals surface area (Å²) in [6.07, 6.45) is 8.51. The summed E-state index contributed by atoms with van der Waals surface area (Å²) >= 11 is 6.44. The quantitative estimate of drug-likeness (QED) is 0.420. The highest BCUT2D eigenvalue weighted by Crippen LogP contribution is 2.49. The number of carbonyl (C=O) groups is 2. The van der Waals surface area contributed by atoms with Crippen LogP contribution in [0.5, 0.6) is 0 Å². The molecule has 1 aliphatic heterocycles. The summed E-state index contributed by atoms with van der Waals surface area (Å²) in [4.78, 5) is 35.2. The van der Waals surface area contributed by atoms with Gasteiger partial charge in [-0.2, -0.15) is 5.10 Å². The number of hydrogen-bond acceptors (Lipinski definition) is 7. The van der Waals surface area contributed by atoms with Crippen molar-refractivity contribution in [3.8, 4) is 0 Å². The predicted molar refractivity (Wildman–Crippen MR) is 148 cm³/mol. The number of ether oxygens (including phenoxy) is 1. The fourth-order valence-corrected chi connectivity index (χ4v) is 5.24. The molecular formula is C28H34ClN7O3. The topological polar surface area (TPSA) is 128 Å². The lowest BCUT2D eigenvalue weighted by Gasteiger charge is -2.24. The second-order valence-corrected chi connectivity index (χ2v) is 11.7. The van der Waals surface area contributed by atoms with Crippen molar-refractivity contribution in [3.63, 3.8) is 0 Å². The highest BCUT2D eigenvalue weighted by molar-refractivity contribution is 6.31. The van der Waals surface area contributed by atoms with Crippen molar-refractivity contribution in [2.24, 2.45) is 5.73 Å². The number of aryl methyl sites for hydroxylation is 2. The molecule has 2 amide bonds. The zero-order valence-electron chi connectivity index (χ0n) is 22.5. The van der Waals surface area contributed by atoms with Crippen LogP contribution in [0.2, 0.25) is 5.02 Å². The van der Waals surface area contributed by atoms with Gasteiger partial charge in [-0.25, -0.2) is 14.8 Å². The molecule has 2 aliphatic rings. The molecule has 0 spiro atoms. The minimum absolute atomic E-state index is 0.0602. The Labute approximate surface area is 232 Å². The molecule has 39 heavy (non-hydrogen) atoms. The number of nitrogens with zero attached hydrogens (tertiary/aromatic N) is 5. The van der Waals surface area contributed by atoms with Gasteiger partial charge in [-0.1, -0.05) is 35.9 Å². The van der Waals surface area contributed by atoms with Crippen molar-refractivity contribution in [3.05, 3.63) is 64.7 Å². The molecule has 2 fully saturated rings. The summed E-state index contributed by atoms with van der Waals surface area (Å²) in [6.45, 7) is 6.74. The average Bonchev–Trinajstić information content (AvgIpc) is 3.31. The van der Waals surface area contributed by atoms with Crippen LogP contribution in [0.15, 0.2) is 42.9 Å². The molecule has 10 nitrogen and oxygen atoms in total. The molecule has 1 saturated carbocycles. The van der Waals surface area contributed by atoms with Gasteiger partial charge >= 0.3 is 6.09 Å². The van der Waals surface area contributed by atoms with E-state index in [0.29, 0.717) is 42.6 Å². The second kappa shape index (κ2) is 10.5. The van der Waals surface area contributed by atoms with Crippen LogP contribution < -0.4 is 11.1 Å². The van der Waals surface area contributed by atoms with E-state index in [1.807, 2.05) is 55.9 Å². The van der Waals surface area contributed by atoms with E-state index in [1.165, 1.54) is 0 Å². The van der Waals surface area contributed by atoms with Crippen LogP contribution in [0.1, 0.15) is 62.9 Å². The van der Waals surface area contributed by atoms with Crippen molar-refractivity contribution < 1.29 is 14.3 Å². The number of amides is 2. The van der Waals surface area contributed by atoms with E-state index in [0.717, 1.165) is 36.1 Å². The first-order valence-corrected chi connectivity index (χ1v) is 13.6. The highest BCUT2D eigenvalue weighted by atomic mass is 35.5. The first kappa shape index (κ1) is 26.9. The number of rotatable bonds is 8. The summed E-state index contributed by atoms with van der Waals surface area (Å²) in [5.74, 6) is 0.150. The molecule has 3 aromatic rings. The summed E-state index contributed by atoms with van der Waals surface area (Å²) < 4.78 is 7.35. The van der Waals surface area contributed by atoms with Gasteiger partial charge in [0.15, 0.2) is 0 Å². The fraction of sp³-hybridized carbons (Fsp3) is 0.464. The number of nitrogens with two attached hydrogens (primary N) is 1. The van der Waals surface area contributed by atoms with E-state index in [1.54, 1.807) is 17.3 Å². The van der Waals surface area contributed by atoms with Crippen molar-refractivity contribution in [2.75, 3.05) is 18.4 Å². The molecule has 0 radical (unpaired) electrons. The number of carbonyl (C=O) groups excluding carboxylic acids is 2. The average molecular weight is 552 g/mol. The number of nitrogens with one attached hydrogen (secondary N) is 1. The van der Waals surface area contributed by atoms with Crippen LogP contribution in [0.4, 0.5) is 16.4 Å². The molecule has 1 atom stereocenters. The van der Waals surface area contributed by atoms with E-state index in [-0.39, 0.29) is 18.0 Å². The van der Waals surface area contributed by atoms with Gasteiger partial charge in [0.1, 0.15) is 5.60 Å². The van der Waals surface area contributed by atoms with Crippen molar-refractivity contribution >= 4 is 35.2 Å². The van der Waals surface area contributed by atoms with Crippen LogP contribution in [-0.2, 0) is 27.8 Å². The van der Waals surface area contributed by atoms with E-state index in [9.17, 15) is 9.59 Å². The molecule has 1 aliphatic carbocycles. The second-order valence-electron chi connectivity index (χ2n) is 11.3. The number of aromatic nitrogens is 4. The molecule has 206 valence electrons. The number of hydrogen-bond donors (Lipinski definition) is 2. The first-order chi connectivity index (χ1) is 18.5. The Morgan fingerprint density at radius 1 is 1.21 bits per heavy atom. The predicted octanol–water partition coefficient (Wildman–Crippen LogP) is 4.55. The molecule has 1 saturated heterocycles. The van der Waals surface area contributed by atoms with Crippen molar-refractivity contribution in [1.82, 2.24) is 24.6 Å². The molecule has 5 rings (SSSR count). The largest absolute Gasteiger partial charge is 0.444 e. The lowest BCUT2D eigenvalue weighted by atomic mass is 9.88. The van der Waals surface area contributed by atoms with Gasteiger partial charge in [0.25, 0.3) is 0 Å². The Balaban J connectivity index is 1.22. The number of primary amides is 1. The Bertz CT molecular complexity index is 1380. The molecule has 2 aromatic heterocycles. The maximum absolute atomic E-state index is 12.4. The molecule has 11 heteroatoms. The van der Waals surface area contributed by atoms with Gasteiger partial charge in [-0.15, -0.1) is 0 Å². The minimum atomic E-state index is -0.540. The monoisotopic (exact) mass is 551 g/mol. The van der Waals surface area contributed by atoms with Crippen LogP contribution in [0.25, 0.3) is 0 Å². The van der Waals surface area contributed by atoms with Crippen LogP contribution in [0, 0.1) is 0 Å². The van der Waals surface area contributed by atoms with Gasteiger partial charge in [0.2, 0.25) is 11.9 Å². The third-order valence-corrected chi connectivity index (χ3v) is 7.57. The van der Waals surface area contributed by atoms with E-state index < -0.39 is 11.0 Å². The number of anilines is 2. The lowest BCUT2D eigenvalue weighted by Crippen LogP contribution is -2.35.